The highest BCUT2D eigenvalue weighted by Gasteiger charge is 2.26. The van der Waals surface area contributed by atoms with E-state index in [1.165, 1.54) is 18.2 Å². The number of ether oxygens (including phenoxy) is 1. The molecule has 7 heteroatoms. The van der Waals surface area contributed by atoms with Crippen LogP contribution in [-0.2, 0) is 11.2 Å². The molecule has 0 spiro atoms. The molecule has 7 nitrogen and oxygen atoms in total. The number of rotatable bonds is 5. The van der Waals surface area contributed by atoms with Gasteiger partial charge in [0, 0.05) is 33.4 Å². The van der Waals surface area contributed by atoms with Crippen molar-refractivity contribution in [2.45, 2.75) is 18.9 Å². The van der Waals surface area contributed by atoms with Crippen LogP contribution in [0.1, 0.15) is 22.5 Å². The Labute approximate surface area is 141 Å². The van der Waals surface area contributed by atoms with Crippen LogP contribution < -0.4 is 4.90 Å². The van der Waals surface area contributed by atoms with Gasteiger partial charge in [0.15, 0.2) is 6.39 Å². The van der Waals surface area contributed by atoms with Crippen molar-refractivity contribution in [2.24, 2.45) is 0 Å². The quantitative estimate of drug-likeness (QED) is 0.829. The number of morpholine rings is 1. The third-order valence-corrected chi connectivity index (χ3v) is 4.09. The molecule has 1 aliphatic rings. The number of carbonyl (C=O) groups excluding carboxylic acids is 1. The zero-order valence-electron chi connectivity index (χ0n) is 14.0. The summed E-state index contributed by atoms with van der Waals surface area (Å²) in [7, 11) is 3.95. The number of hydrogen-bond donors (Lipinski definition) is 0. The predicted octanol–water partition coefficient (Wildman–Crippen LogP) is 1.61. The number of anilines is 1. The molecule has 0 saturated carbocycles. The smallest absolute Gasteiger partial charge is 0.291 e. The molecule has 0 N–H and O–H groups in total. The van der Waals surface area contributed by atoms with Crippen molar-refractivity contribution in [1.29, 1.82) is 0 Å². The molecule has 0 bridgehead atoms. The molecule has 3 heterocycles. The van der Waals surface area contributed by atoms with E-state index in [0.29, 0.717) is 19.7 Å². The second-order valence-electron chi connectivity index (χ2n) is 6.07. The monoisotopic (exact) mass is 330 g/mol. The van der Waals surface area contributed by atoms with Crippen molar-refractivity contribution < 1.29 is 13.9 Å². The van der Waals surface area contributed by atoms with E-state index in [-0.39, 0.29) is 17.8 Å². The first kappa shape index (κ1) is 16.4. The number of hydrogen-bond acceptors (Lipinski definition) is 6. The molecule has 1 fully saturated rings. The molecule has 1 aliphatic heterocycles. The van der Waals surface area contributed by atoms with Crippen molar-refractivity contribution in [3.05, 3.63) is 42.2 Å². The van der Waals surface area contributed by atoms with Gasteiger partial charge in [-0.15, -0.1) is 0 Å². The fourth-order valence-corrected chi connectivity index (χ4v) is 2.74. The van der Waals surface area contributed by atoms with Gasteiger partial charge in [-0.05, 0) is 30.5 Å². The van der Waals surface area contributed by atoms with E-state index < -0.39 is 0 Å². The Hall–Kier alpha value is -2.41. The highest BCUT2D eigenvalue weighted by atomic mass is 16.5. The van der Waals surface area contributed by atoms with Crippen LogP contribution in [0, 0.1) is 0 Å². The molecule has 1 atom stereocenters. The zero-order valence-corrected chi connectivity index (χ0v) is 14.0. The molecular formula is C17H22N4O3. The largest absolute Gasteiger partial charge is 0.438 e. The molecule has 2 aromatic rings. The van der Waals surface area contributed by atoms with Crippen LogP contribution >= 0.6 is 0 Å². The van der Waals surface area contributed by atoms with Crippen molar-refractivity contribution >= 4 is 11.7 Å². The number of pyridine rings is 1. The Morgan fingerprint density at radius 1 is 1.46 bits per heavy atom. The maximum Gasteiger partial charge on any atom is 0.291 e. The van der Waals surface area contributed by atoms with Gasteiger partial charge in [0.1, 0.15) is 5.82 Å². The van der Waals surface area contributed by atoms with E-state index in [1.54, 1.807) is 4.90 Å². The number of oxazole rings is 1. The molecule has 0 radical (unpaired) electrons. The first-order valence-corrected chi connectivity index (χ1v) is 8.05. The maximum atomic E-state index is 12.3. The Bertz CT molecular complexity index is 672. The number of amides is 1. The van der Waals surface area contributed by atoms with Gasteiger partial charge in [0.25, 0.3) is 5.91 Å². The minimum Gasteiger partial charge on any atom is -0.438 e. The van der Waals surface area contributed by atoms with E-state index >= 15 is 0 Å². The molecule has 0 aliphatic carbocycles. The molecule has 24 heavy (non-hydrogen) atoms. The van der Waals surface area contributed by atoms with Gasteiger partial charge in [0.2, 0.25) is 5.76 Å². The lowest BCUT2D eigenvalue weighted by atomic mass is 10.1. The predicted molar refractivity (Wildman–Crippen MR) is 89.0 cm³/mol. The number of nitrogens with zero attached hydrogens (tertiary/aromatic N) is 4. The molecule has 2 aromatic heterocycles. The summed E-state index contributed by atoms with van der Waals surface area (Å²) in [5.41, 5.74) is 1.22. The molecule has 3 rings (SSSR count). The molecule has 0 aromatic carbocycles. The summed E-state index contributed by atoms with van der Waals surface area (Å²) < 4.78 is 10.9. The highest BCUT2D eigenvalue weighted by Crippen LogP contribution is 2.16. The average Bonchev–Trinajstić information content (AvgIpc) is 3.14. The third kappa shape index (κ3) is 3.91. The second kappa shape index (κ2) is 7.44. The minimum absolute atomic E-state index is 0.0293. The van der Waals surface area contributed by atoms with Crippen LogP contribution in [0.25, 0.3) is 0 Å². The highest BCUT2D eigenvalue weighted by molar-refractivity contribution is 5.91. The van der Waals surface area contributed by atoms with Gasteiger partial charge in [-0.25, -0.2) is 9.97 Å². The Morgan fingerprint density at radius 3 is 3.08 bits per heavy atom. The normalized spacial score (nSPS) is 17.8. The fraction of sp³-hybridized carbons (Fsp3) is 0.471. The minimum atomic E-state index is -0.125. The molecule has 1 saturated heterocycles. The Kier molecular flexibility index (Phi) is 5.10. The first-order chi connectivity index (χ1) is 11.6. The summed E-state index contributed by atoms with van der Waals surface area (Å²) in [6.07, 6.45) is 6.33. The summed E-state index contributed by atoms with van der Waals surface area (Å²) >= 11 is 0. The number of carbonyl (C=O) groups is 1. The fourth-order valence-electron chi connectivity index (χ4n) is 2.74. The van der Waals surface area contributed by atoms with E-state index in [1.807, 2.05) is 31.3 Å². The molecule has 1 amide bonds. The topological polar surface area (TPSA) is 71.7 Å². The van der Waals surface area contributed by atoms with E-state index in [9.17, 15) is 4.79 Å². The van der Waals surface area contributed by atoms with Crippen molar-refractivity contribution in [3.63, 3.8) is 0 Å². The van der Waals surface area contributed by atoms with Gasteiger partial charge in [-0.2, -0.15) is 0 Å². The van der Waals surface area contributed by atoms with Gasteiger partial charge in [-0.3, -0.25) is 4.79 Å². The maximum absolute atomic E-state index is 12.3. The van der Waals surface area contributed by atoms with Gasteiger partial charge < -0.3 is 19.0 Å². The lowest BCUT2D eigenvalue weighted by molar-refractivity contribution is -0.0255. The van der Waals surface area contributed by atoms with E-state index in [0.717, 1.165) is 18.7 Å². The van der Waals surface area contributed by atoms with Crippen molar-refractivity contribution in [2.75, 3.05) is 38.7 Å². The molecule has 0 unspecified atom stereocenters. The van der Waals surface area contributed by atoms with Gasteiger partial charge >= 0.3 is 0 Å². The summed E-state index contributed by atoms with van der Waals surface area (Å²) in [6.45, 7) is 1.70. The van der Waals surface area contributed by atoms with Crippen molar-refractivity contribution in [1.82, 2.24) is 14.9 Å². The van der Waals surface area contributed by atoms with Crippen LogP contribution in [0.15, 0.2) is 35.3 Å². The van der Waals surface area contributed by atoms with Crippen LogP contribution in [0.5, 0.6) is 0 Å². The lowest BCUT2D eigenvalue weighted by Crippen LogP contribution is -2.45. The van der Waals surface area contributed by atoms with Crippen molar-refractivity contribution in [3.8, 4) is 0 Å². The van der Waals surface area contributed by atoms with E-state index in [2.05, 4.69) is 16.0 Å². The SMILES string of the molecule is CN(C)c1cc(CC[C@H]2CN(C(=O)c3cnco3)CCO2)ccn1. The van der Waals surface area contributed by atoms with Gasteiger partial charge in [-0.1, -0.05) is 0 Å². The number of aryl methyl sites for hydroxylation is 1. The van der Waals surface area contributed by atoms with Crippen LogP contribution in [-0.4, -0.2) is 60.7 Å². The third-order valence-electron chi connectivity index (χ3n) is 4.09. The van der Waals surface area contributed by atoms with Crippen LogP contribution in [0.2, 0.25) is 0 Å². The summed E-state index contributed by atoms with van der Waals surface area (Å²) in [5, 5.41) is 0. The zero-order chi connectivity index (χ0) is 16.9. The average molecular weight is 330 g/mol. The first-order valence-electron chi connectivity index (χ1n) is 8.05. The second-order valence-corrected chi connectivity index (χ2v) is 6.07. The summed E-state index contributed by atoms with van der Waals surface area (Å²) in [5.74, 6) is 1.10. The Balaban J connectivity index is 1.56. The lowest BCUT2D eigenvalue weighted by Gasteiger charge is -2.32. The number of aromatic nitrogens is 2. The van der Waals surface area contributed by atoms with E-state index in [4.69, 9.17) is 9.15 Å². The molecule has 128 valence electrons. The van der Waals surface area contributed by atoms with Crippen LogP contribution in [0.3, 0.4) is 0 Å². The Morgan fingerprint density at radius 2 is 2.33 bits per heavy atom. The molecular weight excluding hydrogens is 308 g/mol. The van der Waals surface area contributed by atoms with Crippen LogP contribution in [0.4, 0.5) is 5.82 Å². The summed E-state index contributed by atoms with van der Waals surface area (Å²) in [6, 6.07) is 4.10. The van der Waals surface area contributed by atoms with Gasteiger partial charge in [0.05, 0.1) is 18.9 Å². The summed E-state index contributed by atoms with van der Waals surface area (Å²) in [4.78, 5) is 24.2. The standard InChI is InChI=1S/C17H22N4O3/c1-20(2)16-9-13(5-6-19-16)3-4-14-11-21(7-8-23-14)17(22)15-10-18-12-24-15/h5-6,9-10,12,14H,3-4,7-8,11H2,1-2H3/t14-/m0/s1.